The molecule has 90 valence electrons. The van der Waals surface area contributed by atoms with Crippen molar-refractivity contribution < 1.29 is 18.6 Å². The van der Waals surface area contributed by atoms with E-state index < -0.39 is 11.8 Å². The van der Waals surface area contributed by atoms with Gasteiger partial charge in [-0.25, -0.2) is 8.78 Å². The van der Waals surface area contributed by atoms with Gasteiger partial charge in [0.2, 0.25) is 0 Å². The lowest BCUT2D eigenvalue weighted by molar-refractivity contribution is 0.141. The van der Waals surface area contributed by atoms with Crippen LogP contribution in [0.2, 0.25) is 0 Å². The average molecular weight is 230 g/mol. The fraction of sp³-hybridized carbons (Fsp3) is 0.500. The maximum atomic E-state index is 13.0. The largest absolute Gasteiger partial charge is 0.496 e. The molecule has 1 aromatic rings. The molecule has 0 aliphatic heterocycles. The summed E-state index contributed by atoms with van der Waals surface area (Å²) < 4.78 is 30.9. The topological polar surface area (TPSA) is 29.5 Å². The van der Waals surface area contributed by atoms with Gasteiger partial charge in [0.25, 0.3) is 6.43 Å². The van der Waals surface area contributed by atoms with Gasteiger partial charge < -0.3 is 9.84 Å². The van der Waals surface area contributed by atoms with Crippen LogP contribution in [0.5, 0.6) is 5.75 Å². The van der Waals surface area contributed by atoms with Crippen LogP contribution in [0.3, 0.4) is 0 Å². The van der Waals surface area contributed by atoms with Gasteiger partial charge in [0.1, 0.15) is 5.75 Å². The molecule has 1 aromatic carbocycles. The van der Waals surface area contributed by atoms with Gasteiger partial charge in [0.05, 0.1) is 19.3 Å². The monoisotopic (exact) mass is 230 g/mol. The molecular formula is C12H16F2O2. The Morgan fingerprint density at radius 2 is 2.00 bits per heavy atom. The van der Waals surface area contributed by atoms with Crippen molar-refractivity contribution in [1.29, 1.82) is 0 Å². The molecule has 0 fully saturated rings. The third kappa shape index (κ3) is 2.32. The Labute approximate surface area is 93.9 Å². The minimum Gasteiger partial charge on any atom is -0.496 e. The zero-order valence-electron chi connectivity index (χ0n) is 9.63. The Kier molecular flexibility index (Phi) is 3.86. The van der Waals surface area contributed by atoms with Gasteiger partial charge >= 0.3 is 0 Å². The molecule has 1 N–H and O–H groups in total. The summed E-state index contributed by atoms with van der Waals surface area (Å²) in [4.78, 5) is 0. The van der Waals surface area contributed by atoms with Crippen LogP contribution in [-0.4, -0.2) is 18.8 Å². The van der Waals surface area contributed by atoms with Gasteiger partial charge in [0.15, 0.2) is 0 Å². The van der Waals surface area contributed by atoms with Crippen molar-refractivity contribution in [2.45, 2.75) is 25.7 Å². The van der Waals surface area contributed by atoms with Crippen molar-refractivity contribution in [1.82, 2.24) is 0 Å². The SMILES string of the molecule is COc1cccc(C(C)(C)CO)c1C(F)F. The minimum atomic E-state index is -2.61. The Balaban J connectivity index is 3.39. The van der Waals surface area contributed by atoms with Crippen LogP contribution in [0.1, 0.15) is 31.4 Å². The van der Waals surface area contributed by atoms with Crippen LogP contribution in [0.15, 0.2) is 18.2 Å². The second kappa shape index (κ2) is 4.78. The highest BCUT2D eigenvalue weighted by atomic mass is 19.3. The first kappa shape index (κ1) is 12.9. The van der Waals surface area contributed by atoms with Gasteiger partial charge in [0, 0.05) is 5.41 Å². The predicted octanol–water partition coefficient (Wildman–Crippen LogP) is 2.90. The zero-order valence-corrected chi connectivity index (χ0v) is 9.63. The fourth-order valence-electron chi connectivity index (χ4n) is 1.62. The van der Waals surface area contributed by atoms with Gasteiger partial charge in [-0.2, -0.15) is 0 Å². The molecule has 0 aromatic heterocycles. The second-order valence-corrected chi connectivity index (χ2v) is 4.26. The van der Waals surface area contributed by atoms with E-state index in [1.165, 1.54) is 13.2 Å². The zero-order chi connectivity index (χ0) is 12.3. The van der Waals surface area contributed by atoms with E-state index in [1.54, 1.807) is 26.0 Å². The van der Waals surface area contributed by atoms with Crippen LogP contribution >= 0.6 is 0 Å². The fourth-order valence-corrected chi connectivity index (χ4v) is 1.62. The standard InChI is InChI=1S/C12H16F2O2/c1-12(2,7-15)8-5-4-6-9(16-3)10(8)11(13)14/h4-6,11,15H,7H2,1-3H3. The average Bonchev–Trinajstić information content (AvgIpc) is 2.27. The van der Waals surface area contributed by atoms with Crippen molar-refractivity contribution >= 4 is 0 Å². The van der Waals surface area contributed by atoms with E-state index in [2.05, 4.69) is 0 Å². The lowest BCUT2D eigenvalue weighted by Crippen LogP contribution is -2.24. The molecule has 0 bridgehead atoms. The van der Waals surface area contributed by atoms with Crippen LogP contribution in [-0.2, 0) is 5.41 Å². The van der Waals surface area contributed by atoms with Crippen LogP contribution < -0.4 is 4.74 Å². The lowest BCUT2D eigenvalue weighted by Gasteiger charge is -2.26. The summed E-state index contributed by atoms with van der Waals surface area (Å²) in [5.41, 5.74) is -0.422. The van der Waals surface area contributed by atoms with E-state index in [9.17, 15) is 13.9 Å². The van der Waals surface area contributed by atoms with Gasteiger partial charge in [-0.15, -0.1) is 0 Å². The number of hydrogen-bond acceptors (Lipinski definition) is 2. The normalized spacial score (nSPS) is 11.9. The highest BCUT2D eigenvalue weighted by Gasteiger charge is 2.28. The lowest BCUT2D eigenvalue weighted by atomic mass is 9.82. The third-order valence-corrected chi connectivity index (χ3v) is 2.63. The molecule has 1 rings (SSSR count). The molecule has 0 heterocycles. The Hall–Kier alpha value is -1.16. The summed E-state index contributed by atoms with van der Waals surface area (Å²) >= 11 is 0. The van der Waals surface area contributed by atoms with E-state index in [0.717, 1.165) is 0 Å². The number of hydrogen-bond donors (Lipinski definition) is 1. The van der Waals surface area contributed by atoms with E-state index >= 15 is 0 Å². The maximum absolute atomic E-state index is 13.0. The molecule has 0 unspecified atom stereocenters. The van der Waals surface area contributed by atoms with Crippen molar-refractivity contribution in [2.24, 2.45) is 0 Å². The molecule has 0 spiro atoms. The molecule has 0 saturated carbocycles. The van der Waals surface area contributed by atoms with E-state index in [4.69, 9.17) is 4.74 Å². The van der Waals surface area contributed by atoms with E-state index in [1.807, 2.05) is 0 Å². The number of aliphatic hydroxyl groups excluding tert-OH is 1. The number of rotatable bonds is 4. The second-order valence-electron chi connectivity index (χ2n) is 4.26. The van der Waals surface area contributed by atoms with Crippen molar-refractivity contribution in [3.63, 3.8) is 0 Å². The first-order valence-corrected chi connectivity index (χ1v) is 5.00. The molecule has 0 atom stereocenters. The summed E-state index contributed by atoms with van der Waals surface area (Å²) in [7, 11) is 1.36. The van der Waals surface area contributed by atoms with Crippen molar-refractivity contribution in [2.75, 3.05) is 13.7 Å². The number of aliphatic hydroxyl groups is 1. The Morgan fingerprint density at radius 1 is 1.38 bits per heavy atom. The van der Waals surface area contributed by atoms with Crippen LogP contribution in [0.25, 0.3) is 0 Å². The molecule has 16 heavy (non-hydrogen) atoms. The molecule has 2 nitrogen and oxygen atoms in total. The molecule has 4 heteroatoms. The Morgan fingerprint density at radius 3 is 2.44 bits per heavy atom. The van der Waals surface area contributed by atoms with E-state index in [-0.39, 0.29) is 17.9 Å². The van der Waals surface area contributed by atoms with Crippen molar-refractivity contribution in [3.8, 4) is 5.75 Å². The molecule has 0 saturated heterocycles. The van der Waals surface area contributed by atoms with Gasteiger partial charge in [-0.05, 0) is 11.6 Å². The molecule has 0 aliphatic carbocycles. The highest BCUT2D eigenvalue weighted by Crippen LogP contribution is 2.37. The number of ether oxygens (including phenoxy) is 1. The molecule has 0 aliphatic rings. The van der Waals surface area contributed by atoms with Gasteiger partial charge in [-0.3, -0.25) is 0 Å². The smallest absolute Gasteiger partial charge is 0.267 e. The Bertz CT molecular complexity index is 362. The summed E-state index contributed by atoms with van der Waals surface area (Å²) in [6, 6.07) is 4.75. The first-order valence-electron chi connectivity index (χ1n) is 5.00. The summed E-state index contributed by atoms with van der Waals surface area (Å²) in [5.74, 6) is 0.161. The molecule has 0 radical (unpaired) electrons. The predicted molar refractivity (Wildman–Crippen MR) is 58.1 cm³/mol. The molecular weight excluding hydrogens is 214 g/mol. The maximum Gasteiger partial charge on any atom is 0.267 e. The quantitative estimate of drug-likeness (QED) is 0.861. The first-order chi connectivity index (χ1) is 7.44. The summed E-state index contributed by atoms with van der Waals surface area (Å²) in [6.45, 7) is 3.24. The van der Waals surface area contributed by atoms with E-state index in [0.29, 0.717) is 5.56 Å². The number of benzene rings is 1. The number of halogens is 2. The number of alkyl halides is 2. The third-order valence-electron chi connectivity index (χ3n) is 2.63. The summed E-state index contributed by atoms with van der Waals surface area (Å²) in [6.07, 6.45) is -2.61. The summed E-state index contributed by atoms with van der Waals surface area (Å²) in [5, 5.41) is 9.23. The highest BCUT2D eigenvalue weighted by molar-refractivity contribution is 5.44. The number of methoxy groups -OCH3 is 1. The van der Waals surface area contributed by atoms with Crippen LogP contribution in [0.4, 0.5) is 8.78 Å². The van der Waals surface area contributed by atoms with Gasteiger partial charge in [-0.1, -0.05) is 26.0 Å². The van der Waals surface area contributed by atoms with Crippen LogP contribution in [0, 0.1) is 0 Å². The van der Waals surface area contributed by atoms with Crippen molar-refractivity contribution in [3.05, 3.63) is 29.3 Å². The minimum absolute atomic E-state index is 0.135. The molecule has 0 amide bonds.